The number of carbonyl (C=O) groups is 1. The van der Waals surface area contributed by atoms with Crippen LogP contribution in [0.1, 0.15) is 16.7 Å². The fourth-order valence-electron chi connectivity index (χ4n) is 2.81. The molecule has 0 fully saturated rings. The van der Waals surface area contributed by atoms with Gasteiger partial charge in [0, 0.05) is 17.6 Å². The highest BCUT2D eigenvalue weighted by Gasteiger charge is 2.06. The minimum absolute atomic E-state index is 0.183. The highest BCUT2D eigenvalue weighted by Crippen LogP contribution is 2.29. The molecule has 0 saturated heterocycles. The summed E-state index contributed by atoms with van der Waals surface area (Å²) in [5.74, 6) is 1.82. The van der Waals surface area contributed by atoms with Crippen LogP contribution in [0.5, 0.6) is 17.2 Å². The number of ether oxygens (including phenoxy) is 3. The third-order valence-electron chi connectivity index (χ3n) is 4.55. The fourth-order valence-corrected chi connectivity index (χ4v) is 2.94. The van der Waals surface area contributed by atoms with Gasteiger partial charge in [-0.05, 0) is 59.2 Å². The smallest absolute Gasteiger partial charge is 0.244 e. The Hall–Kier alpha value is -3.44. The molecule has 3 aromatic rings. The van der Waals surface area contributed by atoms with Crippen molar-refractivity contribution in [1.82, 2.24) is 5.32 Å². The molecule has 1 amide bonds. The average Bonchev–Trinajstić information content (AvgIpc) is 2.81. The van der Waals surface area contributed by atoms with Crippen molar-refractivity contribution in [2.24, 2.45) is 0 Å². The molecule has 1 N–H and O–H groups in total. The lowest BCUT2D eigenvalue weighted by atomic mass is 10.1. The van der Waals surface area contributed by atoms with E-state index >= 15 is 0 Å². The van der Waals surface area contributed by atoms with Crippen LogP contribution in [0.2, 0.25) is 5.02 Å². The Bertz CT molecular complexity index is 1030. The number of rotatable bonds is 9. The van der Waals surface area contributed by atoms with Crippen molar-refractivity contribution >= 4 is 23.6 Å². The van der Waals surface area contributed by atoms with E-state index in [1.54, 1.807) is 20.3 Å². The van der Waals surface area contributed by atoms with Crippen molar-refractivity contribution in [1.29, 1.82) is 0 Å². The number of benzene rings is 3. The Balaban J connectivity index is 1.55. The van der Waals surface area contributed by atoms with Crippen molar-refractivity contribution in [3.05, 3.63) is 94.5 Å². The molecule has 31 heavy (non-hydrogen) atoms. The van der Waals surface area contributed by atoms with E-state index in [9.17, 15) is 4.79 Å². The second kappa shape index (κ2) is 11.1. The summed E-state index contributed by atoms with van der Waals surface area (Å²) in [6.45, 7) is 0.838. The number of halogens is 1. The van der Waals surface area contributed by atoms with Crippen molar-refractivity contribution in [3.63, 3.8) is 0 Å². The summed E-state index contributed by atoms with van der Waals surface area (Å²) in [5, 5.41) is 3.54. The first-order valence-corrected chi connectivity index (χ1v) is 10.1. The topological polar surface area (TPSA) is 56.8 Å². The van der Waals surface area contributed by atoms with E-state index in [2.05, 4.69) is 5.32 Å². The molecule has 0 aliphatic heterocycles. The van der Waals surface area contributed by atoms with Gasteiger partial charge in [-0.25, -0.2) is 0 Å². The van der Waals surface area contributed by atoms with Crippen molar-refractivity contribution in [3.8, 4) is 17.2 Å². The zero-order valence-corrected chi connectivity index (χ0v) is 18.2. The maximum Gasteiger partial charge on any atom is 0.244 e. The summed E-state index contributed by atoms with van der Waals surface area (Å²) >= 11 is 5.91. The monoisotopic (exact) mass is 437 g/mol. The molecule has 0 aliphatic carbocycles. The molecule has 0 bridgehead atoms. The average molecular weight is 438 g/mol. The molecule has 6 heteroatoms. The van der Waals surface area contributed by atoms with E-state index < -0.39 is 0 Å². The lowest BCUT2D eigenvalue weighted by Crippen LogP contribution is -2.20. The van der Waals surface area contributed by atoms with Gasteiger partial charge in [-0.2, -0.15) is 0 Å². The van der Waals surface area contributed by atoms with E-state index in [-0.39, 0.29) is 5.91 Å². The largest absolute Gasteiger partial charge is 0.497 e. The minimum atomic E-state index is -0.183. The van der Waals surface area contributed by atoms with Gasteiger partial charge in [0.05, 0.1) is 14.2 Å². The van der Waals surface area contributed by atoms with Gasteiger partial charge in [0.15, 0.2) is 11.5 Å². The van der Waals surface area contributed by atoms with E-state index in [0.29, 0.717) is 29.7 Å². The predicted molar refractivity (Wildman–Crippen MR) is 123 cm³/mol. The van der Waals surface area contributed by atoms with Crippen LogP contribution in [0.25, 0.3) is 6.08 Å². The molecule has 0 atom stereocenters. The molecule has 0 heterocycles. The highest BCUT2D eigenvalue weighted by molar-refractivity contribution is 6.30. The second-order valence-corrected chi connectivity index (χ2v) is 7.16. The Kier molecular flexibility index (Phi) is 7.96. The molecule has 3 rings (SSSR count). The third kappa shape index (κ3) is 6.79. The van der Waals surface area contributed by atoms with E-state index in [1.807, 2.05) is 66.7 Å². The Morgan fingerprint density at radius 3 is 2.29 bits per heavy atom. The number of hydrogen-bond acceptors (Lipinski definition) is 4. The molecule has 0 aromatic heterocycles. The van der Waals surface area contributed by atoms with Gasteiger partial charge in [-0.1, -0.05) is 41.9 Å². The van der Waals surface area contributed by atoms with Crippen LogP contribution in [0.4, 0.5) is 0 Å². The second-order valence-electron chi connectivity index (χ2n) is 6.72. The molecule has 0 radical (unpaired) electrons. The first-order valence-electron chi connectivity index (χ1n) is 9.71. The van der Waals surface area contributed by atoms with Gasteiger partial charge in [0.2, 0.25) is 5.91 Å². The molecule has 0 saturated carbocycles. The first-order chi connectivity index (χ1) is 15.1. The fraction of sp³-hybridized carbons (Fsp3) is 0.160. The van der Waals surface area contributed by atoms with Gasteiger partial charge < -0.3 is 19.5 Å². The molecule has 160 valence electrons. The van der Waals surface area contributed by atoms with Crippen LogP contribution in [0, 0.1) is 0 Å². The molecular weight excluding hydrogens is 414 g/mol. The van der Waals surface area contributed by atoms with Gasteiger partial charge in [-0.15, -0.1) is 0 Å². The summed E-state index contributed by atoms with van der Waals surface area (Å²) in [5.41, 5.74) is 2.82. The first kappa shape index (κ1) is 22.2. The highest BCUT2D eigenvalue weighted by atomic mass is 35.5. The van der Waals surface area contributed by atoms with E-state index in [1.165, 1.54) is 6.08 Å². The van der Waals surface area contributed by atoms with Gasteiger partial charge in [0.1, 0.15) is 12.4 Å². The number of amides is 1. The summed E-state index contributed by atoms with van der Waals surface area (Å²) in [4.78, 5) is 12.1. The standard InChI is InChI=1S/C25H24ClNO4/c1-29-22-11-5-19(6-12-22)16-27-25(28)14-8-18-7-13-23(24(15-18)30-2)31-17-20-3-9-21(26)10-4-20/h3-15H,16-17H2,1-2H3,(H,27,28)/b14-8+. The van der Waals surface area contributed by atoms with Crippen LogP contribution in [0.3, 0.4) is 0 Å². The Morgan fingerprint density at radius 2 is 1.61 bits per heavy atom. The normalized spacial score (nSPS) is 10.7. The van der Waals surface area contributed by atoms with Crippen LogP contribution in [-0.2, 0) is 17.9 Å². The minimum Gasteiger partial charge on any atom is -0.497 e. The zero-order chi connectivity index (χ0) is 22.1. The molecule has 0 unspecified atom stereocenters. The van der Waals surface area contributed by atoms with Gasteiger partial charge in [-0.3, -0.25) is 4.79 Å². The lowest BCUT2D eigenvalue weighted by molar-refractivity contribution is -0.116. The van der Waals surface area contributed by atoms with Crippen molar-refractivity contribution in [2.45, 2.75) is 13.2 Å². The summed E-state index contributed by atoms with van der Waals surface area (Å²) in [7, 11) is 3.20. The summed E-state index contributed by atoms with van der Waals surface area (Å²) < 4.78 is 16.4. The van der Waals surface area contributed by atoms with Crippen LogP contribution >= 0.6 is 11.6 Å². The maximum absolute atomic E-state index is 12.1. The Labute approximate surface area is 187 Å². The lowest BCUT2D eigenvalue weighted by Gasteiger charge is -2.11. The maximum atomic E-state index is 12.1. The van der Waals surface area contributed by atoms with Crippen molar-refractivity contribution in [2.75, 3.05) is 14.2 Å². The molecule has 0 spiro atoms. The van der Waals surface area contributed by atoms with Crippen LogP contribution in [-0.4, -0.2) is 20.1 Å². The number of hydrogen-bond donors (Lipinski definition) is 1. The molecule has 5 nitrogen and oxygen atoms in total. The van der Waals surface area contributed by atoms with E-state index in [0.717, 1.165) is 22.4 Å². The van der Waals surface area contributed by atoms with Crippen LogP contribution in [0.15, 0.2) is 72.8 Å². The quantitative estimate of drug-likeness (QED) is 0.463. The summed E-state index contributed by atoms with van der Waals surface area (Å²) in [6, 6.07) is 20.5. The van der Waals surface area contributed by atoms with Crippen LogP contribution < -0.4 is 19.5 Å². The third-order valence-corrected chi connectivity index (χ3v) is 4.80. The number of nitrogens with one attached hydrogen (secondary N) is 1. The summed E-state index contributed by atoms with van der Waals surface area (Å²) in [6.07, 6.45) is 3.22. The molecular formula is C25H24ClNO4. The number of methoxy groups -OCH3 is 2. The van der Waals surface area contributed by atoms with Gasteiger partial charge >= 0.3 is 0 Å². The SMILES string of the molecule is COc1ccc(CNC(=O)/C=C/c2ccc(OCc3ccc(Cl)cc3)c(OC)c2)cc1. The molecule has 3 aromatic carbocycles. The molecule has 0 aliphatic rings. The van der Waals surface area contributed by atoms with Crippen molar-refractivity contribution < 1.29 is 19.0 Å². The predicted octanol–water partition coefficient (Wildman–Crippen LogP) is 5.27. The zero-order valence-electron chi connectivity index (χ0n) is 17.4. The Morgan fingerprint density at radius 1 is 0.903 bits per heavy atom. The van der Waals surface area contributed by atoms with E-state index in [4.69, 9.17) is 25.8 Å². The number of carbonyl (C=O) groups excluding carboxylic acids is 1. The van der Waals surface area contributed by atoms with Gasteiger partial charge in [0.25, 0.3) is 0 Å².